The summed E-state index contributed by atoms with van der Waals surface area (Å²) in [6.45, 7) is 0. The Morgan fingerprint density at radius 1 is 0.970 bits per heavy atom. The van der Waals surface area contributed by atoms with E-state index in [1.807, 2.05) is 6.07 Å². The van der Waals surface area contributed by atoms with Gasteiger partial charge in [-0.25, -0.2) is 0 Å². The van der Waals surface area contributed by atoms with E-state index in [1.165, 1.54) is 12.1 Å². The van der Waals surface area contributed by atoms with Crippen LogP contribution in [-0.4, -0.2) is 38.1 Å². The molecule has 0 aliphatic rings. The molecule has 33 heavy (non-hydrogen) atoms. The first-order valence-electron chi connectivity index (χ1n) is 10.1. The summed E-state index contributed by atoms with van der Waals surface area (Å²) in [5.41, 5.74) is 9.03. The second kappa shape index (κ2) is 8.51. The maximum atomic E-state index is 11.9. The van der Waals surface area contributed by atoms with Gasteiger partial charge in [-0.05, 0) is 47.5 Å². The minimum absolute atomic E-state index is 0.0669. The lowest BCUT2D eigenvalue weighted by molar-refractivity contribution is -0.145. The molecule has 0 aliphatic heterocycles. The van der Waals surface area contributed by atoms with Crippen LogP contribution in [0.3, 0.4) is 0 Å². The monoisotopic (exact) mass is 443 g/mol. The van der Waals surface area contributed by atoms with Crippen LogP contribution in [0.5, 0.6) is 5.75 Å². The van der Waals surface area contributed by atoms with Gasteiger partial charge in [-0.1, -0.05) is 30.3 Å². The zero-order valence-corrected chi connectivity index (χ0v) is 17.4. The Balaban J connectivity index is 1.95. The maximum Gasteiger partial charge on any atom is 0.311 e. The van der Waals surface area contributed by atoms with Crippen molar-refractivity contribution >= 4 is 28.7 Å². The summed E-state index contributed by atoms with van der Waals surface area (Å²) in [4.78, 5) is 26.4. The minimum Gasteiger partial charge on any atom is -0.507 e. The summed E-state index contributed by atoms with van der Waals surface area (Å²) in [6.07, 6.45) is -0.595. The number of benzene rings is 3. The number of aromatic amines is 1. The highest BCUT2D eigenvalue weighted by molar-refractivity contribution is 6.00. The van der Waals surface area contributed by atoms with E-state index in [0.717, 1.165) is 10.9 Å². The van der Waals surface area contributed by atoms with Crippen molar-refractivity contribution in [2.24, 2.45) is 5.73 Å². The molecule has 7 N–H and O–H groups in total. The number of carbonyl (C=O) groups is 2. The second-order valence-electron chi connectivity index (χ2n) is 7.72. The van der Waals surface area contributed by atoms with E-state index in [1.54, 1.807) is 48.5 Å². The molecule has 0 saturated carbocycles. The lowest BCUT2D eigenvalue weighted by Crippen LogP contribution is -2.16. The molecule has 4 rings (SSSR count). The summed E-state index contributed by atoms with van der Waals surface area (Å²) in [5, 5.41) is 38.5. The lowest BCUT2D eigenvalue weighted by atomic mass is 9.89. The first-order valence-corrected chi connectivity index (χ1v) is 10.1. The van der Waals surface area contributed by atoms with E-state index in [4.69, 9.17) is 11.1 Å². The SMILES string of the molecule is N=C(N)c1ccc2[nH]c(-c3cc(C(CC(=O)O)C(=O)O)cc(-c4ccccc4)c3O)cc2c1. The van der Waals surface area contributed by atoms with E-state index >= 15 is 0 Å². The Morgan fingerprint density at radius 2 is 1.67 bits per heavy atom. The van der Waals surface area contributed by atoms with Crippen LogP contribution < -0.4 is 5.73 Å². The van der Waals surface area contributed by atoms with Crippen LogP contribution in [0.1, 0.15) is 23.5 Å². The summed E-state index contributed by atoms with van der Waals surface area (Å²) in [5.74, 6) is -3.94. The Kier molecular flexibility index (Phi) is 5.58. The number of rotatable bonds is 7. The zero-order valence-electron chi connectivity index (χ0n) is 17.4. The van der Waals surface area contributed by atoms with Crippen molar-refractivity contribution in [2.75, 3.05) is 0 Å². The number of aliphatic carboxylic acids is 2. The third kappa shape index (κ3) is 4.27. The first kappa shape index (κ1) is 21.6. The molecule has 1 atom stereocenters. The van der Waals surface area contributed by atoms with E-state index < -0.39 is 24.3 Å². The fraction of sp³-hybridized carbons (Fsp3) is 0.0800. The van der Waals surface area contributed by atoms with Crippen LogP contribution in [-0.2, 0) is 9.59 Å². The predicted octanol–water partition coefficient (Wildman–Crippen LogP) is 4.13. The van der Waals surface area contributed by atoms with E-state index in [0.29, 0.717) is 27.9 Å². The van der Waals surface area contributed by atoms with Crippen molar-refractivity contribution < 1.29 is 24.9 Å². The number of nitrogens with two attached hydrogens (primary N) is 1. The molecule has 0 aliphatic carbocycles. The molecule has 1 heterocycles. The average molecular weight is 443 g/mol. The summed E-state index contributed by atoms with van der Waals surface area (Å²) >= 11 is 0. The van der Waals surface area contributed by atoms with Crippen LogP contribution in [0.2, 0.25) is 0 Å². The van der Waals surface area contributed by atoms with Gasteiger partial charge >= 0.3 is 11.9 Å². The molecular formula is C25H21N3O5. The third-order valence-electron chi connectivity index (χ3n) is 5.52. The highest BCUT2D eigenvalue weighted by atomic mass is 16.4. The van der Waals surface area contributed by atoms with Crippen molar-refractivity contribution in [1.82, 2.24) is 4.98 Å². The number of hydrogen-bond acceptors (Lipinski definition) is 4. The lowest BCUT2D eigenvalue weighted by Gasteiger charge is -2.16. The van der Waals surface area contributed by atoms with Crippen LogP contribution in [0.4, 0.5) is 0 Å². The molecule has 8 heteroatoms. The largest absolute Gasteiger partial charge is 0.507 e. The number of fused-ring (bicyclic) bond motifs is 1. The number of aromatic hydroxyl groups is 1. The van der Waals surface area contributed by atoms with E-state index in [9.17, 15) is 24.9 Å². The fourth-order valence-electron chi connectivity index (χ4n) is 3.87. The number of hydrogen-bond donors (Lipinski definition) is 6. The number of phenols is 1. The van der Waals surface area contributed by atoms with E-state index in [-0.39, 0.29) is 17.1 Å². The first-order chi connectivity index (χ1) is 15.7. The summed E-state index contributed by atoms with van der Waals surface area (Å²) < 4.78 is 0. The van der Waals surface area contributed by atoms with Gasteiger partial charge < -0.3 is 26.0 Å². The van der Waals surface area contributed by atoms with Crippen LogP contribution in [0.25, 0.3) is 33.3 Å². The molecule has 0 spiro atoms. The van der Waals surface area contributed by atoms with Crippen molar-refractivity contribution in [3.63, 3.8) is 0 Å². The van der Waals surface area contributed by atoms with Gasteiger partial charge in [0, 0.05) is 27.6 Å². The molecule has 8 nitrogen and oxygen atoms in total. The fourth-order valence-corrected chi connectivity index (χ4v) is 3.87. The number of H-pyrrole nitrogens is 1. The molecule has 0 saturated heterocycles. The Labute approximate surface area is 188 Å². The number of phenolic OH excluding ortho intramolecular Hbond substituents is 1. The smallest absolute Gasteiger partial charge is 0.311 e. The number of amidine groups is 1. The second-order valence-corrected chi connectivity index (χ2v) is 7.72. The standard InChI is InChI=1S/C25H21N3O5/c26-24(27)14-6-7-20-16(8-14)11-21(28-20)19-10-15(18(25(32)33)12-22(29)30)9-17(23(19)31)13-4-2-1-3-5-13/h1-11,18,28,31H,12H2,(H3,26,27)(H,29,30)(H,32,33). The molecule has 0 bridgehead atoms. The number of nitrogen functional groups attached to an aromatic ring is 1. The van der Waals surface area contributed by atoms with Gasteiger partial charge in [-0.15, -0.1) is 0 Å². The van der Waals surface area contributed by atoms with Crippen molar-refractivity contribution in [2.45, 2.75) is 12.3 Å². The molecule has 4 aromatic rings. The average Bonchev–Trinajstić information content (AvgIpc) is 3.21. The number of nitrogens with one attached hydrogen (secondary N) is 2. The molecule has 3 aromatic carbocycles. The van der Waals surface area contributed by atoms with Crippen LogP contribution in [0.15, 0.2) is 66.7 Å². The molecular weight excluding hydrogens is 422 g/mol. The third-order valence-corrected chi connectivity index (χ3v) is 5.52. The highest BCUT2D eigenvalue weighted by Crippen LogP contribution is 2.42. The molecule has 1 unspecified atom stereocenters. The van der Waals surface area contributed by atoms with Gasteiger partial charge in [0.25, 0.3) is 0 Å². The molecule has 1 aromatic heterocycles. The summed E-state index contributed by atoms with van der Waals surface area (Å²) in [7, 11) is 0. The van der Waals surface area contributed by atoms with Crippen molar-refractivity contribution in [3.05, 3.63) is 77.9 Å². The number of carboxylic acids is 2. The van der Waals surface area contributed by atoms with Gasteiger partial charge in [0.05, 0.1) is 18.0 Å². The minimum atomic E-state index is -1.29. The Bertz CT molecular complexity index is 1390. The van der Waals surface area contributed by atoms with Gasteiger partial charge in [0.15, 0.2) is 0 Å². The van der Waals surface area contributed by atoms with Crippen LogP contribution in [0, 0.1) is 5.41 Å². The quantitative estimate of drug-likeness (QED) is 0.186. The van der Waals surface area contributed by atoms with Gasteiger partial charge in [-0.2, -0.15) is 0 Å². The molecule has 0 radical (unpaired) electrons. The van der Waals surface area contributed by atoms with Crippen molar-refractivity contribution in [3.8, 4) is 28.1 Å². The topological polar surface area (TPSA) is 160 Å². The molecule has 166 valence electrons. The Hall–Kier alpha value is -4.59. The van der Waals surface area contributed by atoms with Crippen LogP contribution >= 0.6 is 0 Å². The maximum absolute atomic E-state index is 11.9. The van der Waals surface area contributed by atoms with Gasteiger partial charge in [0.2, 0.25) is 0 Å². The van der Waals surface area contributed by atoms with E-state index in [2.05, 4.69) is 4.98 Å². The number of aromatic nitrogens is 1. The van der Waals surface area contributed by atoms with Gasteiger partial charge in [-0.3, -0.25) is 15.0 Å². The normalized spacial score (nSPS) is 11.9. The summed E-state index contributed by atoms with van der Waals surface area (Å²) in [6, 6.07) is 18.9. The zero-order chi connectivity index (χ0) is 23.7. The molecule has 0 fully saturated rings. The number of carboxylic acid groups (broad SMARTS) is 2. The predicted molar refractivity (Wildman–Crippen MR) is 124 cm³/mol. The van der Waals surface area contributed by atoms with Gasteiger partial charge in [0.1, 0.15) is 11.6 Å². The highest BCUT2D eigenvalue weighted by Gasteiger charge is 2.26. The Morgan fingerprint density at radius 3 is 2.30 bits per heavy atom. The van der Waals surface area contributed by atoms with Crippen molar-refractivity contribution in [1.29, 1.82) is 5.41 Å². The molecule has 0 amide bonds.